The summed E-state index contributed by atoms with van der Waals surface area (Å²) in [6.45, 7) is 2.08. The summed E-state index contributed by atoms with van der Waals surface area (Å²) < 4.78 is 14.4. The molecule has 0 N–H and O–H groups in total. The van der Waals surface area contributed by atoms with Gasteiger partial charge in [0.25, 0.3) is 0 Å². The summed E-state index contributed by atoms with van der Waals surface area (Å²) in [6.07, 6.45) is 7.67. The van der Waals surface area contributed by atoms with Crippen LogP contribution in [0.25, 0.3) is 16.7 Å². The molecule has 0 nitrogen and oxygen atoms in total. The maximum Gasteiger partial charge on any atom is 0.119 e. The van der Waals surface area contributed by atoms with Crippen molar-refractivity contribution < 1.29 is 4.39 Å². The van der Waals surface area contributed by atoms with Crippen molar-refractivity contribution in [3.63, 3.8) is 0 Å². The van der Waals surface area contributed by atoms with Gasteiger partial charge < -0.3 is 0 Å². The van der Waals surface area contributed by atoms with E-state index in [9.17, 15) is 4.39 Å². The Hall–Kier alpha value is -1.45. The van der Waals surface area contributed by atoms with Gasteiger partial charge in [-0.1, -0.05) is 42.0 Å². The number of hydrogen-bond acceptors (Lipinski definition) is 1. The molecule has 1 aromatic heterocycles. The van der Waals surface area contributed by atoms with E-state index in [4.69, 9.17) is 0 Å². The lowest BCUT2D eigenvalue weighted by atomic mass is 10.0. The minimum Gasteiger partial charge on any atom is -0.207 e. The molecule has 0 fully saturated rings. The third-order valence-corrected chi connectivity index (χ3v) is 5.09. The SMILES string of the molecule is Cc1ccc(-c2cc(Br)sc2C2=CCC=C(F)C=C2)cc1. The van der Waals surface area contributed by atoms with E-state index >= 15 is 0 Å². The van der Waals surface area contributed by atoms with Gasteiger partial charge in [0, 0.05) is 10.4 Å². The molecule has 1 heterocycles. The van der Waals surface area contributed by atoms with Crippen molar-refractivity contribution in [1.82, 2.24) is 0 Å². The highest BCUT2D eigenvalue weighted by atomic mass is 79.9. The average Bonchev–Trinajstić information content (AvgIpc) is 2.72. The van der Waals surface area contributed by atoms with Crippen LogP contribution in [-0.4, -0.2) is 0 Å². The fraction of sp³-hybridized carbons (Fsp3) is 0.111. The van der Waals surface area contributed by atoms with Gasteiger partial charge in [-0.15, -0.1) is 11.3 Å². The van der Waals surface area contributed by atoms with Gasteiger partial charge in [0.2, 0.25) is 0 Å². The van der Waals surface area contributed by atoms with E-state index in [1.807, 2.05) is 6.08 Å². The molecule has 0 aliphatic heterocycles. The second kappa shape index (κ2) is 6.12. The molecule has 0 bridgehead atoms. The first-order valence-electron chi connectivity index (χ1n) is 6.74. The van der Waals surface area contributed by atoms with Crippen LogP contribution in [-0.2, 0) is 0 Å². The third kappa shape index (κ3) is 3.25. The lowest BCUT2D eigenvalue weighted by molar-refractivity contribution is 0.663. The van der Waals surface area contributed by atoms with E-state index in [-0.39, 0.29) is 5.83 Å². The number of hydrogen-bond donors (Lipinski definition) is 0. The number of benzene rings is 1. The summed E-state index contributed by atoms with van der Waals surface area (Å²) in [5.41, 5.74) is 4.69. The number of rotatable bonds is 2. The van der Waals surface area contributed by atoms with Crippen LogP contribution in [0.5, 0.6) is 0 Å². The molecule has 106 valence electrons. The number of allylic oxidation sites excluding steroid dienone is 6. The second-order valence-corrected chi connectivity index (χ2v) is 7.41. The van der Waals surface area contributed by atoms with Crippen molar-refractivity contribution in [1.29, 1.82) is 0 Å². The molecule has 0 spiro atoms. The van der Waals surface area contributed by atoms with Crippen molar-refractivity contribution in [2.24, 2.45) is 0 Å². The van der Waals surface area contributed by atoms with Crippen molar-refractivity contribution >= 4 is 32.8 Å². The molecule has 1 aromatic carbocycles. The molecule has 1 aliphatic carbocycles. The summed E-state index contributed by atoms with van der Waals surface area (Å²) in [6, 6.07) is 10.6. The molecule has 2 aromatic rings. The van der Waals surface area contributed by atoms with E-state index in [1.54, 1.807) is 17.4 Å². The van der Waals surface area contributed by atoms with Crippen LogP contribution < -0.4 is 0 Å². The normalized spacial score (nSPS) is 14.6. The Bertz CT molecular complexity index is 748. The first kappa shape index (κ1) is 14.5. The molecule has 3 heteroatoms. The second-order valence-electron chi connectivity index (χ2n) is 4.98. The van der Waals surface area contributed by atoms with Crippen LogP contribution in [0.4, 0.5) is 4.39 Å². The van der Waals surface area contributed by atoms with Gasteiger partial charge in [0.1, 0.15) is 5.83 Å². The van der Waals surface area contributed by atoms with Gasteiger partial charge in [-0.25, -0.2) is 4.39 Å². The number of thiophene rings is 1. The Morgan fingerprint density at radius 3 is 2.62 bits per heavy atom. The van der Waals surface area contributed by atoms with Gasteiger partial charge in [0.05, 0.1) is 3.79 Å². The molecule has 21 heavy (non-hydrogen) atoms. The lowest BCUT2D eigenvalue weighted by Crippen LogP contribution is -1.82. The molecule has 3 rings (SSSR count). The van der Waals surface area contributed by atoms with Crippen LogP contribution in [0.15, 0.2) is 64.2 Å². The van der Waals surface area contributed by atoms with Gasteiger partial charge in [-0.05, 0) is 58.6 Å². The molecule has 0 unspecified atom stereocenters. The molecule has 0 radical (unpaired) electrons. The summed E-state index contributed by atoms with van der Waals surface area (Å²) in [5, 5.41) is 0. The molecular weight excluding hydrogens is 347 g/mol. The monoisotopic (exact) mass is 360 g/mol. The highest BCUT2D eigenvalue weighted by Gasteiger charge is 2.13. The zero-order valence-corrected chi connectivity index (χ0v) is 14.0. The first-order chi connectivity index (χ1) is 10.1. The number of aryl methyl sites for hydroxylation is 1. The Morgan fingerprint density at radius 2 is 1.86 bits per heavy atom. The van der Waals surface area contributed by atoms with Crippen LogP contribution in [0.1, 0.15) is 16.9 Å². The maximum absolute atomic E-state index is 13.3. The standard InChI is InChI=1S/C18H14BrFS/c1-12-5-7-13(8-6-12)16-11-17(19)21-18(16)14-3-2-4-15(20)10-9-14/h3-11H,2H2,1H3. The van der Waals surface area contributed by atoms with Crippen molar-refractivity contribution in [3.8, 4) is 11.1 Å². The summed E-state index contributed by atoms with van der Waals surface area (Å²) >= 11 is 5.25. The summed E-state index contributed by atoms with van der Waals surface area (Å²) in [4.78, 5) is 1.17. The van der Waals surface area contributed by atoms with Crippen LogP contribution in [0.2, 0.25) is 0 Å². The highest BCUT2D eigenvalue weighted by molar-refractivity contribution is 9.11. The first-order valence-corrected chi connectivity index (χ1v) is 8.35. The smallest absolute Gasteiger partial charge is 0.119 e. The van der Waals surface area contributed by atoms with Gasteiger partial charge in [-0.3, -0.25) is 0 Å². The minimum absolute atomic E-state index is 0.172. The largest absolute Gasteiger partial charge is 0.207 e. The predicted octanol–water partition coefficient (Wildman–Crippen LogP) is 6.68. The quantitative estimate of drug-likeness (QED) is 0.559. The summed E-state index contributed by atoms with van der Waals surface area (Å²) in [5.74, 6) is -0.172. The van der Waals surface area contributed by atoms with Crippen molar-refractivity contribution in [3.05, 3.63) is 74.7 Å². The Labute approximate surface area is 136 Å². The fourth-order valence-electron chi connectivity index (χ4n) is 2.30. The topological polar surface area (TPSA) is 0 Å². The van der Waals surface area contributed by atoms with Gasteiger partial charge in [-0.2, -0.15) is 0 Å². The lowest BCUT2D eigenvalue weighted by Gasteiger charge is -2.05. The Morgan fingerprint density at radius 1 is 1.10 bits per heavy atom. The maximum atomic E-state index is 13.3. The molecular formula is C18H14BrFS. The summed E-state index contributed by atoms with van der Waals surface area (Å²) in [7, 11) is 0. The molecule has 0 saturated heterocycles. The van der Waals surface area contributed by atoms with E-state index in [2.05, 4.69) is 59.3 Å². The Balaban J connectivity index is 2.06. The zero-order valence-electron chi connectivity index (χ0n) is 11.6. The van der Waals surface area contributed by atoms with Crippen LogP contribution >= 0.6 is 27.3 Å². The fourth-order valence-corrected chi connectivity index (χ4v) is 3.94. The molecule has 0 amide bonds. The van der Waals surface area contributed by atoms with E-state index in [0.717, 1.165) is 9.36 Å². The predicted molar refractivity (Wildman–Crippen MR) is 93.1 cm³/mol. The molecule has 1 aliphatic rings. The number of halogens is 2. The molecule has 0 saturated carbocycles. The average molecular weight is 361 g/mol. The van der Waals surface area contributed by atoms with Gasteiger partial charge in [0.15, 0.2) is 0 Å². The van der Waals surface area contributed by atoms with Crippen molar-refractivity contribution in [2.45, 2.75) is 13.3 Å². The van der Waals surface area contributed by atoms with Crippen molar-refractivity contribution in [2.75, 3.05) is 0 Å². The highest BCUT2D eigenvalue weighted by Crippen LogP contribution is 2.40. The van der Waals surface area contributed by atoms with E-state index in [0.29, 0.717) is 6.42 Å². The van der Waals surface area contributed by atoms with E-state index < -0.39 is 0 Å². The van der Waals surface area contributed by atoms with Crippen LogP contribution in [0, 0.1) is 6.92 Å². The zero-order chi connectivity index (χ0) is 14.8. The third-order valence-electron chi connectivity index (χ3n) is 3.40. The van der Waals surface area contributed by atoms with Crippen LogP contribution in [0.3, 0.4) is 0 Å². The molecule has 0 atom stereocenters. The van der Waals surface area contributed by atoms with E-state index in [1.165, 1.54) is 27.6 Å². The minimum atomic E-state index is -0.172. The van der Waals surface area contributed by atoms with Gasteiger partial charge >= 0.3 is 0 Å². The Kier molecular flexibility index (Phi) is 4.22.